The third kappa shape index (κ3) is 2.75. The van der Waals surface area contributed by atoms with Gasteiger partial charge in [-0.25, -0.2) is 0 Å². The van der Waals surface area contributed by atoms with E-state index < -0.39 is 5.91 Å². The lowest BCUT2D eigenvalue weighted by Crippen LogP contribution is -2.48. The van der Waals surface area contributed by atoms with E-state index in [4.69, 9.17) is 11.5 Å². The summed E-state index contributed by atoms with van der Waals surface area (Å²) in [7, 11) is 1.74. The van der Waals surface area contributed by atoms with E-state index >= 15 is 0 Å². The number of hydrogen-bond acceptors (Lipinski definition) is 3. The molecule has 0 aromatic carbocycles. The summed E-state index contributed by atoms with van der Waals surface area (Å²) in [5, 5.41) is 2.92. The minimum atomic E-state index is -0.499. The number of hydrogen-bond donors (Lipinski definition) is 3. The number of primary amides is 1. The third-order valence-electron chi connectivity index (χ3n) is 5.31. The van der Waals surface area contributed by atoms with Crippen LogP contribution in [0.3, 0.4) is 0 Å². The van der Waals surface area contributed by atoms with Crippen LogP contribution in [0.15, 0.2) is 12.3 Å². The number of nitrogens with one attached hydrogen (secondary N) is 1. The van der Waals surface area contributed by atoms with Crippen LogP contribution in [-0.4, -0.2) is 22.4 Å². The molecule has 0 spiro atoms. The number of carbonyl (C=O) groups excluding carboxylic acids is 2. The van der Waals surface area contributed by atoms with Gasteiger partial charge >= 0.3 is 0 Å². The van der Waals surface area contributed by atoms with E-state index in [0.717, 1.165) is 25.7 Å². The van der Waals surface area contributed by atoms with Gasteiger partial charge in [0.1, 0.15) is 5.69 Å². The van der Waals surface area contributed by atoms with E-state index in [9.17, 15) is 9.59 Å². The molecule has 120 valence electrons. The molecule has 2 unspecified atom stereocenters. The molecule has 6 heteroatoms. The molecule has 0 saturated heterocycles. The van der Waals surface area contributed by atoms with E-state index in [1.54, 1.807) is 23.9 Å². The Morgan fingerprint density at radius 1 is 1.27 bits per heavy atom. The van der Waals surface area contributed by atoms with Gasteiger partial charge in [-0.2, -0.15) is 0 Å². The number of aromatic nitrogens is 1. The predicted octanol–water partition coefficient (Wildman–Crippen LogP) is 1.22. The molecule has 2 fully saturated rings. The molecule has 0 radical (unpaired) electrons. The number of fused-ring (bicyclic) bond motifs is 2. The van der Waals surface area contributed by atoms with Crippen LogP contribution in [-0.2, 0) is 11.8 Å². The Morgan fingerprint density at radius 2 is 1.91 bits per heavy atom. The molecular formula is C16H24N4O2. The fourth-order valence-electron chi connectivity index (χ4n) is 4.13. The molecule has 2 amide bonds. The van der Waals surface area contributed by atoms with Gasteiger partial charge < -0.3 is 21.4 Å². The molecule has 1 aromatic heterocycles. The maximum atomic E-state index is 12.5. The predicted molar refractivity (Wildman–Crippen MR) is 84.1 cm³/mol. The average Bonchev–Trinajstić information content (AvgIpc) is 2.79. The maximum Gasteiger partial charge on any atom is 0.265 e. The van der Waals surface area contributed by atoms with Crippen molar-refractivity contribution >= 4 is 17.5 Å². The number of nitrogens with two attached hydrogens (primary N) is 2. The van der Waals surface area contributed by atoms with Gasteiger partial charge in [0.25, 0.3) is 5.91 Å². The van der Waals surface area contributed by atoms with Gasteiger partial charge in [0, 0.05) is 25.2 Å². The molecule has 2 aliphatic carbocycles. The van der Waals surface area contributed by atoms with Gasteiger partial charge in [-0.1, -0.05) is 6.42 Å². The Labute approximate surface area is 130 Å². The highest BCUT2D eigenvalue weighted by atomic mass is 16.2. The summed E-state index contributed by atoms with van der Waals surface area (Å²) in [4.78, 5) is 23.8. The van der Waals surface area contributed by atoms with Crippen LogP contribution in [0.5, 0.6) is 0 Å². The topological polar surface area (TPSA) is 103 Å². The Bertz CT molecular complexity index is 581. The van der Waals surface area contributed by atoms with Crippen LogP contribution in [0.2, 0.25) is 0 Å². The number of nitrogens with zero attached hydrogens (tertiary/aromatic N) is 1. The smallest absolute Gasteiger partial charge is 0.265 e. The number of amides is 2. The second kappa shape index (κ2) is 5.76. The van der Waals surface area contributed by atoms with Crippen LogP contribution in [0.25, 0.3) is 0 Å². The number of carbonyl (C=O) groups is 2. The summed E-state index contributed by atoms with van der Waals surface area (Å²) < 4.78 is 1.63. The zero-order valence-corrected chi connectivity index (χ0v) is 12.9. The lowest BCUT2D eigenvalue weighted by molar-refractivity contribution is -0.122. The Morgan fingerprint density at radius 3 is 2.45 bits per heavy atom. The molecular weight excluding hydrogens is 280 g/mol. The summed E-state index contributed by atoms with van der Waals surface area (Å²) in [6.07, 6.45) is 6.97. The SMILES string of the molecule is Cn1cc(NC(=O)C2CC3CCCC(C2)C3N)cc1C(N)=O. The molecule has 3 rings (SSSR count). The van der Waals surface area contributed by atoms with Gasteiger partial charge in [-0.05, 0) is 43.6 Å². The first-order valence-corrected chi connectivity index (χ1v) is 7.98. The first-order valence-electron chi connectivity index (χ1n) is 7.98. The van der Waals surface area contributed by atoms with Gasteiger partial charge in [-0.15, -0.1) is 0 Å². The van der Waals surface area contributed by atoms with Crippen LogP contribution >= 0.6 is 0 Å². The highest BCUT2D eigenvalue weighted by Crippen LogP contribution is 2.42. The van der Waals surface area contributed by atoms with Crippen LogP contribution < -0.4 is 16.8 Å². The van der Waals surface area contributed by atoms with E-state index in [1.807, 2.05) is 0 Å². The Balaban J connectivity index is 1.67. The van der Waals surface area contributed by atoms with Crippen molar-refractivity contribution in [1.82, 2.24) is 4.57 Å². The quantitative estimate of drug-likeness (QED) is 0.782. The number of rotatable bonds is 3. The van der Waals surface area contributed by atoms with E-state index in [-0.39, 0.29) is 17.9 Å². The average molecular weight is 304 g/mol. The highest BCUT2D eigenvalue weighted by molar-refractivity contribution is 5.96. The van der Waals surface area contributed by atoms with E-state index in [0.29, 0.717) is 23.2 Å². The maximum absolute atomic E-state index is 12.5. The fraction of sp³-hybridized carbons (Fsp3) is 0.625. The van der Waals surface area contributed by atoms with Gasteiger partial charge in [0.2, 0.25) is 5.91 Å². The largest absolute Gasteiger partial charge is 0.364 e. The third-order valence-corrected chi connectivity index (χ3v) is 5.31. The second-order valence-electron chi connectivity index (χ2n) is 6.78. The van der Waals surface area contributed by atoms with Crippen molar-refractivity contribution in [2.75, 3.05) is 5.32 Å². The number of aryl methyl sites for hydroxylation is 1. The Kier molecular flexibility index (Phi) is 3.95. The van der Waals surface area contributed by atoms with E-state index in [1.165, 1.54) is 6.42 Å². The molecule has 6 nitrogen and oxygen atoms in total. The summed E-state index contributed by atoms with van der Waals surface area (Å²) in [6, 6.07) is 1.88. The monoisotopic (exact) mass is 304 g/mol. The van der Waals surface area contributed by atoms with Crippen LogP contribution in [0.1, 0.15) is 42.6 Å². The molecule has 2 saturated carbocycles. The highest BCUT2D eigenvalue weighted by Gasteiger charge is 2.40. The van der Waals surface area contributed by atoms with Crippen molar-refractivity contribution in [3.05, 3.63) is 18.0 Å². The first-order chi connectivity index (χ1) is 10.5. The zero-order chi connectivity index (χ0) is 15.9. The lowest BCUT2D eigenvalue weighted by atomic mass is 9.65. The van der Waals surface area contributed by atoms with Crippen molar-refractivity contribution in [3.63, 3.8) is 0 Å². The summed E-state index contributed by atoms with van der Waals surface area (Å²) in [6.45, 7) is 0. The van der Waals surface area contributed by atoms with Crippen molar-refractivity contribution in [3.8, 4) is 0 Å². The van der Waals surface area contributed by atoms with Crippen molar-refractivity contribution in [2.24, 2.45) is 36.3 Å². The van der Waals surface area contributed by atoms with Gasteiger partial charge in [-0.3, -0.25) is 9.59 Å². The first kappa shape index (κ1) is 15.1. The minimum absolute atomic E-state index is 0.0207. The van der Waals surface area contributed by atoms with Crippen LogP contribution in [0, 0.1) is 17.8 Å². The van der Waals surface area contributed by atoms with Crippen LogP contribution in [0.4, 0.5) is 5.69 Å². The summed E-state index contributed by atoms with van der Waals surface area (Å²) >= 11 is 0. The molecule has 22 heavy (non-hydrogen) atoms. The van der Waals surface area contributed by atoms with E-state index in [2.05, 4.69) is 5.32 Å². The Hall–Kier alpha value is -1.82. The fourth-order valence-corrected chi connectivity index (χ4v) is 4.13. The van der Waals surface area contributed by atoms with Crippen molar-refractivity contribution < 1.29 is 9.59 Å². The molecule has 2 aliphatic rings. The van der Waals surface area contributed by atoms with Crippen molar-refractivity contribution in [2.45, 2.75) is 38.1 Å². The lowest BCUT2D eigenvalue weighted by Gasteiger charge is -2.43. The standard InChI is InChI=1S/C16H24N4O2/c1-20-8-12(7-13(20)15(18)21)19-16(22)11-5-9-3-2-4-10(6-11)14(9)17/h7-11,14H,2-6,17H2,1H3,(H2,18,21)(H,19,22). The molecule has 5 N–H and O–H groups in total. The molecule has 0 aliphatic heterocycles. The van der Waals surface area contributed by atoms with Crippen molar-refractivity contribution in [1.29, 1.82) is 0 Å². The number of anilines is 1. The second-order valence-corrected chi connectivity index (χ2v) is 6.78. The molecule has 1 aromatic rings. The van der Waals surface area contributed by atoms with Gasteiger partial charge in [0.05, 0.1) is 5.69 Å². The zero-order valence-electron chi connectivity index (χ0n) is 12.9. The van der Waals surface area contributed by atoms with Gasteiger partial charge in [0.15, 0.2) is 0 Å². The summed E-state index contributed by atoms with van der Waals surface area (Å²) in [5.74, 6) is 0.499. The normalized spacial score (nSPS) is 30.8. The molecule has 2 atom stereocenters. The molecule has 2 bridgehead atoms. The summed E-state index contributed by atoms with van der Waals surface area (Å²) in [5.41, 5.74) is 12.6. The molecule has 1 heterocycles. The minimum Gasteiger partial charge on any atom is -0.364 e.